The van der Waals surface area contributed by atoms with E-state index in [1.807, 2.05) is 24.3 Å². The zero-order valence-corrected chi connectivity index (χ0v) is 15.8. The van der Waals surface area contributed by atoms with E-state index in [9.17, 15) is 4.79 Å². The average molecular weight is 365 g/mol. The maximum absolute atomic E-state index is 11.4. The molecule has 3 N–H and O–H groups in total. The zero-order chi connectivity index (χ0) is 19.2. The smallest absolute Gasteiger partial charge is 0.305 e. The summed E-state index contributed by atoms with van der Waals surface area (Å²) in [5.74, 6) is 0.446. The summed E-state index contributed by atoms with van der Waals surface area (Å²) in [6.07, 6.45) is 2.65. The largest absolute Gasteiger partial charge is 0.469 e. The molecule has 1 fully saturated rings. The maximum atomic E-state index is 11.4. The number of amidine groups is 1. The first-order valence-corrected chi connectivity index (χ1v) is 9.38. The van der Waals surface area contributed by atoms with Gasteiger partial charge in [0, 0.05) is 18.5 Å². The van der Waals surface area contributed by atoms with Gasteiger partial charge in [0.1, 0.15) is 5.84 Å². The van der Waals surface area contributed by atoms with Crippen molar-refractivity contribution in [1.29, 1.82) is 5.41 Å². The lowest BCUT2D eigenvalue weighted by atomic mass is 9.93. The van der Waals surface area contributed by atoms with E-state index < -0.39 is 0 Å². The SMILES string of the molecule is COC(=O)CC1CCN(Cc2ccc(-c3ccc(C(=N)N)cc3)cc2)CC1. The Morgan fingerprint density at radius 2 is 1.63 bits per heavy atom. The van der Waals surface area contributed by atoms with Gasteiger partial charge in [0.2, 0.25) is 0 Å². The summed E-state index contributed by atoms with van der Waals surface area (Å²) in [6, 6.07) is 16.4. The second-order valence-electron chi connectivity index (χ2n) is 7.19. The van der Waals surface area contributed by atoms with E-state index in [0.29, 0.717) is 12.3 Å². The summed E-state index contributed by atoms with van der Waals surface area (Å²) in [5.41, 5.74) is 9.82. The number of hydrogen-bond donors (Lipinski definition) is 2. The standard InChI is InChI=1S/C22H27N3O2/c1-27-21(26)14-16-10-12-25(13-11-16)15-17-2-4-18(5-3-17)19-6-8-20(9-7-19)22(23)24/h2-9,16H,10-15H2,1H3,(H3,23,24). The summed E-state index contributed by atoms with van der Waals surface area (Å²) in [6.45, 7) is 2.99. The third kappa shape index (κ3) is 5.17. The number of likely N-dealkylation sites (tertiary alicyclic amines) is 1. The van der Waals surface area contributed by atoms with Gasteiger partial charge < -0.3 is 10.5 Å². The number of carbonyl (C=O) groups is 1. The number of hydrogen-bond acceptors (Lipinski definition) is 4. The fourth-order valence-electron chi connectivity index (χ4n) is 3.57. The van der Waals surface area contributed by atoms with Crippen LogP contribution in [0.5, 0.6) is 0 Å². The van der Waals surface area contributed by atoms with Crippen LogP contribution in [-0.2, 0) is 16.1 Å². The molecule has 1 saturated heterocycles. The van der Waals surface area contributed by atoms with Crippen molar-refractivity contribution < 1.29 is 9.53 Å². The van der Waals surface area contributed by atoms with Gasteiger partial charge in [0.05, 0.1) is 7.11 Å². The molecule has 5 nitrogen and oxygen atoms in total. The minimum absolute atomic E-state index is 0.0901. The Morgan fingerprint density at radius 1 is 1.07 bits per heavy atom. The summed E-state index contributed by atoms with van der Waals surface area (Å²) in [4.78, 5) is 13.8. The first-order chi connectivity index (χ1) is 13.0. The fourth-order valence-corrected chi connectivity index (χ4v) is 3.57. The van der Waals surface area contributed by atoms with Gasteiger partial charge >= 0.3 is 5.97 Å². The molecule has 0 aliphatic carbocycles. The molecule has 0 spiro atoms. The monoisotopic (exact) mass is 365 g/mol. The molecule has 5 heteroatoms. The van der Waals surface area contributed by atoms with Gasteiger partial charge in [-0.3, -0.25) is 15.1 Å². The summed E-state index contributed by atoms with van der Waals surface area (Å²) in [5, 5.41) is 7.47. The van der Waals surface area contributed by atoms with Crippen molar-refractivity contribution in [3.8, 4) is 11.1 Å². The molecular weight excluding hydrogens is 338 g/mol. The lowest BCUT2D eigenvalue weighted by molar-refractivity contribution is -0.142. The van der Waals surface area contributed by atoms with E-state index in [2.05, 4.69) is 29.2 Å². The topological polar surface area (TPSA) is 79.4 Å². The summed E-state index contributed by atoms with van der Waals surface area (Å²) >= 11 is 0. The Bertz CT molecular complexity index is 776. The molecule has 0 saturated carbocycles. The number of nitrogen functional groups attached to an aromatic ring is 1. The van der Waals surface area contributed by atoms with Gasteiger partial charge in [0.15, 0.2) is 0 Å². The second-order valence-corrected chi connectivity index (χ2v) is 7.19. The van der Waals surface area contributed by atoms with Crippen LogP contribution in [0.2, 0.25) is 0 Å². The lowest BCUT2D eigenvalue weighted by Crippen LogP contribution is -2.34. The van der Waals surface area contributed by atoms with E-state index in [4.69, 9.17) is 15.9 Å². The van der Waals surface area contributed by atoms with Gasteiger partial charge in [-0.25, -0.2) is 0 Å². The van der Waals surface area contributed by atoms with Crippen molar-refractivity contribution in [3.05, 3.63) is 59.7 Å². The molecule has 1 heterocycles. The number of nitrogens with zero attached hydrogens (tertiary/aromatic N) is 1. The number of ether oxygens (including phenoxy) is 1. The number of nitrogens with two attached hydrogens (primary N) is 1. The molecule has 2 aromatic carbocycles. The van der Waals surface area contributed by atoms with Gasteiger partial charge in [-0.05, 0) is 48.5 Å². The minimum atomic E-state index is -0.0969. The number of methoxy groups -OCH3 is 1. The van der Waals surface area contributed by atoms with Crippen LogP contribution in [-0.4, -0.2) is 36.9 Å². The van der Waals surface area contributed by atoms with Crippen molar-refractivity contribution in [1.82, 2.24) is 4.90 Å². The predicted molar refractivity (Wildman–Crippen MR) is 108 cm³/mol. The molecular formula is C22H27N3O2. The van der Waals surface area contributed by atoms with Crippen LogP contribution < -0.4 is 5.73 Å². The maximum Gasteiger partial charge on any atom is 0.305 e. The average Bonchev–Trinajstić information content (AvgIpc) is 2.70. The Labute approximate surface area is 160 Å². The van der Waals surface area contributed by atoms with Crippen molar-refractivity contribution in [2.24, 2.45) is 11.7 Å². The third-order valence-corrected chi connectivity index (χ3v) is 5.28. The van der Waals surface area contributed by atoms with Crippen molar-refractivity contribution >= 4 is 11.8 Å². The highest BCUT2D eigenvalue weighted by atomic mass is 16.5. The molecule has 3 rings (SSSR count). The molecule has 27 heavy (non-hydrogen) atoms. The van der Waals surface area contributed by atoms with E-state index in [1.165, 1.54) is 12.7 Å². The number of piperidine rings is 1. The van der Waals surface area contributed by atoms with E-state index in [1.54, 1.807) is 0 Å². The van der Waals surface area contributed by atoms with E-state index >= 15 is 0 Å². The van der Waals surface area contributed by atoms with Crippen LogP contribution >= 0.6 is 0 Å². The van der Waals surface area contributed by atoms with Crippen LogP contribution in [0, 0.1) is 11.3 Å². The highest BCUT2D eigenvalue weighted by molar-refractivity contribution is 5.95. The molecule has 2 aromatic rings. The van der Waals surface area contributed by atoms with Crippen LogP contribution in [0.15, 0.2) is 48.5 Å². The Hall–Kier alpha value is -2.66. The third-order valence-electron chi connectivity index (χ3n) is 5.28. The zero-order valence-electron chi connectivity index (χ0n) is 15.8. The van der Waals surface area contributed by atoms with Crippen LogP contribution in [0.1, 0.15) is 30.4 Å². The molecule has 0 aromatic heterocycles. The second kappa shape index (κ2) is 8.82. The highest BCUT2D eigenvalue weighted by Gasteiger charge is 2.21. The van der Waals surface area contributed by atoms with Crippen molar-refractivity contribution in [2.75, 3.05) is 20.2 Å². The molecule has 0 atom stereocenters. The van der Waals surface area contributed by atoms with Gasteiger partial charge in [-0.15, -0.1) is 0 Å². The molecule has 0 bridgehead atoms. The number of rotatable bonds is 6. The Kier molecular flexibility index (Phi) is 6.24. The fraction of sp³-hybridized carbons (Fsp3) is 0.364. The molecule has 1 aliphatic rings. The Balaban J connectivity index is 1.54. The normalized spacial score (nSPS) is 15.4. The lowest BCUT2D eigenvalue weighted by Gasteiger charge is -2.31. The van der Waals surface area contributed by atoms with Crippen LogP contribution in [0.4, 0.5) is 0 Å². The molecule has 0 amide bonds. The number of carbonyl (C=O) groups excluding carboxylic acids is 1. The predicted octanol–water partition coefficient (Wildman–Crippen LogP) is 3.41. The van der Waals surface area contributed by atoms with E-state index in [0.717, 1.165) is 49.2 Å². The summed E-state index contributed by atoms with van der Waals surface area (Å²) < 4.78 is 4.77. The highest BCUT2D eigenvalue weighted by Crippen LogP contribution is 2.24. The number of benzene rings is 2. The van der Waals surface area contributed by atoms with Crippen molar-refractivity contribution in [3.63, 3.8) is 0 Å². The quantitative estimate of drug-likeness (QED) is 0.467. The first kappa shape index (κ1) is 19.1. The molecule has 0 unspecified atom stereocenters. The van der Waals surface area contributed by atoms with Crippen LogP contribution in [0.25, 0.3) is 11.1 Å². The number of nitrogens with one attached hydrogen (secondary N) is 1. The van der Waals surface area contributed by atoms with Gasteiger partial charge in [-0.2, -0.15) is 0 Å². The molecule has 1 aliphatic heterocycles. The molecule has 0 radical (unpaired) electrons. The first-order valence-electron chi connectivity index (χ1n) is 9.38. The van der Waals surface area contributed by atoms with Crippen molar-refractivity contribution in [2.45, 2.75) is 25.8 Å². The number of esters is 1. The van der Waals surface area contributed by atoms with Gasteiger partial charge in [0.25, 0.3) is 0 Å². The molecule has 142 valence electrons. The minimum Gasteiger partial charge on any atom is -0.469 e. The van der Waals surface area contributed by atoms with Gasteiger partial charge in [-0.1, -0.05) is 48.5 Å². The summed E-state index contributed by atoms with van der Waals surface area (Å²) in [7, 11) is 1.46. The van der Waals surface area contributed by atoms with Crippen LogP contribution in [0.3, 0.4) is 0 Å². The Morgan fingerprint density at radius 3 is 2.15 bits per heavy atom. The van der Waals surface area contributed by atoms with E-state index in [-0.39, 0.29) is 11.8 Å².